The standard InChI is InChI=1S/C18H13BrFNO3S/c1-21-17(22)16(25-18(21)23)9-12-8-13(19)6-7-15(12)24-10-11-4-2-3-5-14(11)20/h2-9H,10H2,1H3/b16-9-. The van der Waals surface area contributed by atoms with E-state index in [9.17, 15) is 14.0 Å². The van der Waals surface area contributed by atoms with Gasteiger partial charge in [0.25, 0.3) is 11.1 Å². The number of nitrogens with zero attached hydrogens (tertiary/aromatic N) is 1. The molecule has 0 N–H and O–H groups in total. The van der Waals surface area contributed by atoms with E-state index in [1.807, 2.05) is 0 Å². The van der Waals surface area contributed by atoms with Crippen molar-refractivity contribution in [1.82, 2.24) is 4.90 Å². The Balaban J connectivity index is 1.88. The Labute approximate surface area is 156 Å². The molecule has 0 radical (unpaired) electrons. The Kier molecular flexibility index (Phi) is 5.24. The topological polar surface area (TPSA) is 46.6 Å². The lowest BCUT2D eigenvalue weighted by Crippen LogP contribution is -2.22. The lowest BCUT2D eigenvalue weighted by atomic mass is 10.1. The first kappa shape index (κ1) is 17.7. The summed E-state index contributed by atoms with van der Waals surface area (Å²) in [7, 11) is 1.44. The average molecular weight is 422 g/mol. The fraction of sp³-hybridized carbons (Fsp3) is 0.111. The van der Waals surface area contributed by atoms with Gasteiger partial charge in [-0.15, -0.1) is 0 Å². The van der Waals surface area contributed by atoms with E-state index in [-0.39, 0.29) is 23.6 Å². The van der Waals surface area contributed by atoms with Gasteiger partial charge in [-0.25, -0.2) is 4.39 Å². The number of benzene rings is 2. The summed E-state index contributed by atoms with van der Waals surface area (Å²) >= 11 is 4.25. The van der Waals surface area contributed by atoms with Crippen LogP contribution in [0.4, 0.5) is 9.18 Å². The Morgan fingerprint density at radius 1 is 1.24 bits per heavy atom. The van der Waals surface area contributed by atoms with E-state index >= 15 is 0 Å². The van der Waals surface area contributed by atoms with Crippen LogP contribution in [0, 0.1) is 5.82 Å². The summed E-state index contributed by atoms with van der Waals surface area (Å²) < 4.78 is 20.3. The smallest absolute Gasteiger partial charge is 0.293 e. The first-order chi connectivity index (χ1) is 12.0. The summed E-state index contributed by atoms with van der Waals surface area (Å²) in [5, 5.41) is -0.319. The molecule has 0 unspecified atom stereocenters. The lowest BCUT2D eigenvalue weighted by Gasteiger charge is -2.11. The number of ether oxygens (including phenoxy) is 1. The Morgan fingerprint density at radius 2 is 2.00 bits per heavy atom. The molecule has 0 aliphatic carbocycles. The highest BCUT2D eigenvalue weighted by atomic mass is 79.9. The van der Waals surface area contributed by atoms with Gasteiger partial charge in [0.1, 0.15) is 18.2 Å². The van der Waals surface area contributed by atoms with Crippen molar-refractivity contribution in [2.75, 3.05) is 7.05 Å². The molecule has 4 nitrogen and oxygen atoms in total. The maximum Gasteiger partial charge on any atom is 0.293 e. The number of carbonyl (C=O) groups is 2. The summed E-state index contributed by atoms with van der Waals surface area (Å²) in [4.78, 5) is 25.1. The van der Waals surface area contributed by atoms with Gasteiger partial charge in [0.2, 0.25) is 0 Å². The lowest BCUT2D eigenvalue weighted by molar-refractivity contribution is -0.121. The summed E-state index contributed by atoms with van der Waals surface area (Å²) in [6.07, 6.45) is 1.61. The quantitative estimate of drug-likeness (QED) is 0.663. The summed E-state index contributed by atoms with van der Waals surface area (Å²) in [6.45, 7) is 0.0599. The van der Waals surface area contributed by atoms with E-state index in [1.54, 1.807) is 42.5 Å². The summed E-state index contributed by atoms with van der Waals surface area (Å²) in [5.74, 6) is -0.197. The van der Waals surface area contributed by atoms with Crippen LogP contribution in [0.15, 0.2) is 51.8 Å². The first-order valence-corrected chi connectivity index (χ1v) is 8.94. The third-order valence-corrected chi connectivity index (χ3v) is 5.04. The van der Waals surface area contributed by atoms with Gasteiger partial charge in [-0.05, 0) is 42.1 Å². The zero-order valence-corrected chi connectivity index (χ0v) is 15.6. The van der Waals surface area contributed by atoms with Crippen LogP contribution in [-0.4, -0.2) is 23.1 Å². The molecule has 0 saturated carbocycles. The number of imide groups is 1. The van der Waals surface area contributed by atoms with E-state index < -0.39 is 0 Å². The van der Waals surface area contributed by atoms with Crippen LogP contribution in [0.25, 0.3) is 6.08 Å². The number of thioether (sulfide) groups is 1. The third-order valence-electron chi connectivity index (χ3n) is 3.59. The second-order valence-corrected chi connectivity index (χ2v) is 7.21. The zero-order chi connectivity index (χ0) is 18.0. The molecular formula is C18H13BrFNO3S. The number of hydrogen-bond donors (Lipinski definition) is 0. The summed E-state index contributed by atoms with van der Waals surface area (Å²) in [5.41, 5.74) is 1.06. The van der Waals surface area contributed by atoms with E-state index in [1.165, 1.54) is 13.1 Å². The number of rotatable bonds is 4. The Hall–Kier alpha value is -2.12. The van der Waals surface area contributed by atoms with E-state index in [4.69, 9.17) is 4.74 Å². The van der Waals surface area contributed by atoms with Gasteiger partial charge in [0.05, 0.1) is 4.91 Å². The van der Waals surface area contributed by atoms with Crippen LogP contribution in [0.3, 0.4) is 0 Å². The minimum atomic E-state index is -0.352. The molecule has 0 aromatic heterocycles. The maximum atomic E-state index is 13.7. The second-order valence-electron chi connectivity index (χ2n) is 5.30. The second kappa shape index (κ2) is 7.41. The highest BCUT2D eigenvalue weighted by molar-refractivity contribution is 9.10. The minimum absolute atomic E-state index is 0.0599. The van der Waals surface area contributed by atoms with Crippen molar-refractivity contribution in [3.05, 3.63) is 68.8 Å². The SMILES string of the molecule is CN1C(=O)S/C(=C\c2cc(Br)ccc2OCc2ccccc2F)C1=O. The van der Waals surface area contributed by atoms with E-state index in [2.05, 4.69) is 15.9 Å². The van der Waals surface area contributed by atoms with Crippen molar-refractivity contribution in [2.24, 2.45) is 0 Å². The number of amides is 2. The highest BCUT2D eigenvalue weighted by Crippen LogP contribution is 2.34. The number of likely N-dealkylation sites (N-methyl/N-ethyl adjacent to an activating group) is 1. The van der Waals surface area contributed by atoms with Crippen molar-refractivity contribution < 1.29 is 18.7 Å². The molecular weight excluding hydrogens is 409 g/mol. The first-order valence-electron chi connectivity index (χ1n) is 7.33. The van der Waals surface area contributed by atoms with Gasteiger partial charge < -0.3 is 4.74 Å². The molecule has 0 spiro atoms. The van der Waals surface area contributed by atoms with E-state index in [0.29, 0.717) is 21.8 Å². The summed E-state index contributed by atoms with van der Waals surface area (Å²) in [6, 6.07) is 11.7. The predicted octanol–water partition coefficient (Wildman–Crippen LogP) is 4.83. The van der Waals surface area contributed by atoms with Crippen molar-refractivity contribution in [3.63, 3.8) is 0 Å². The molecule has 7 heteroatoms. The van der Waals surface area contributed by atoms with Crippen molar-refractivity contribution in [3.8, 4) is 5.75 Å². The third kappa shape index (κ3) is 3.93. The molecule has 2 aromatic rings. The maximum absolute atomic E-state index is 13.7. The molecule has 1 aliphatic rings. The zero-order valence-electron chi connectivity index (χ0n) is 13.2. The van der Waals surface area contributed by atoms with E-state index in [0.717, 1.165) is 21.1 Å². The molecule has 2 aromatic carbocycles. The van der Waals surface area contributed by atoms with Gasteiger partial charge >= 0.3 is 0 Å². The van der Waals surface area contributed by atoms with Crippen LogP contribution in [-0.2, 0) is 11.4 Å². The fourth-order valence-corrected chi connectivity index (χ4v) is 3.42. The Morgan fingerprint density at radius 3 is 2.68 bits per heavy atom. The number of halogens is 2. The molecule has 1 saturated heterocycles. The highest BCUT2D eigenvalue weighted by Gasteiger charge is 2.32. The normalized spacial score (nSPS) is 16.0. The molecule has 2 amide bonds. The van der Waals surface area contributed by atoms with Crippen LogP contribution in [0.5, 0.6) is 5.75 Å². The molecule has 1 fully saturated rings. The van der Waals surface area contributed by atoms with Gasteiger partial charge in [-0.2, -0.15) is 0 Å². The number of carbonyl (C=O) groups excluding carboxylic acids is 2. The van der Waals surface area contributed by atoms with Gasteiger partial charge in [0, 0.05) is 22.6 Å². The average Bonchev–Trinajstić information content (AvgIpc) is 2.82. The Bertz CT molecular complexity index is 884. The van der Waals surface area contributed by atoms with Crippen LogP contribution >= 0.6 is 27.7 Å². The van der Waals surface area contributed by atoms with Gasteiger partial charge in [-0.1, -0.05) is 34.1 Å². The molecule has 128 valence electrons. The van der Waals surface area contributed by atoms with Crippen molar-refractivity contribution in [2.45, 2.75) is 6.61 Å². The monoisotopic (exact) mass is 421 g/mol. The van der Waals surface area contributed by atoms with Crippen molar-refractivity contribution in [1.29, 1.82) is 0 Å². The number of hydrogen-bond acceptors (Lipinski definition) is 4. The van der Waals surface area contributed by atoms with Crippen LogP contribution in [0.2, 0.25) is 0 Å². The van der Waals surface area contributed by atoms with Gasteiger partial charge in [0.15, 0.2) is 0 Å². The predicted molar refractivity (Wildman–Crippen MR) is 98.6 cm³/mol. The van der Waals surface area contributed by atoms with Crippen molar-refractivity contribution >= 4 is 44.9 Å². The molecule has 0 atom stereocenters. The fourth-order valence-electron chi connectivity index (χ4n) is 2.22. The molecule has 3 rings (SSSR count). The molecule has 25 heavy (non-hydrogen) atoms. The van der Waals surface area contributed by atoms with Crippen LogP contribution in [0.1, 0.15) is 11.1 Å². The van der Waals surface area contributed by atoms with Crippen LogP contribution < -0.4 is 4.74 Å². The molecule has 1 aliphatic heterocycles. The largest absolute Gasteiger partial charge is 0.488 e. The molecule has 0 bridgehead atoms. The minimum Gasteiger partial charge on any atom is -0.488 e. The van der Waals surface area contributed by atoms with Gasteiger partial charge in [-0.3, -0.25) is 14.5 Å². The molecule has 1 heterocycles.